The summed E-state index contributed by atoms with van der Waals surface area (Å²) in [5.41, 5.74) is 0.822. The van der Waals surface area contributed by atoms with Crippen molar-refractivity contribution < 1.29 is 0 Å². The van der Waals surface area contributed by atoms with E-state index in [0.717, 1.165) is 23.1 Å². The molecule has 0 radical (unpaired) electrons. The molecule has 0 spiro atoms. The number of H-pyrrole nitrogens is 2. The average molecular weight is 340 g/mol. The number of anilines is 1. The third-order valence-corrected chi connectivity index (χ3v) is 5.78. The quantitative estimate of drug-likeness (QED) is 0.676. The van der Waals surface area contributed by atoms with Crippen LogP contribution in [-0.4, -0.2) is 26.5 Å². The molecule has 1 aromatic carbocycles. The van der Waals surface area contributed by atoms with E-state index in [2.05, 4.69) is 26.6 Å². The summed E-state index contributed by atoms with van der Waals surface area (Å²) in [4.78, 5) is 17.2. The second-order valence-corrected chi connectivity index (χ2v) is 7.62. The summed E-state index contributed by atoms with van der Waals surface area (Å²) in [6.07, 6.45) is 6.60. The second-order valence-electron chi connectivity index (χ2n) is 6.25. The third kappa shape index (κ3) is 3.33. The Kier molecular flexibility index (Phi) is 4.30. The number of nitrogens with zero attached hydrogens (tertiary/aromatic N) is 1. The molecule has 124 valence electrons. The molecule has 3 N–H and O–H groups in total. The number of fused-ring (bicyclic) bond motifs is 1. The monoisotopic (exact) mass is 340 g/mol. The Hall–Kier alpha value is -2.21. The largest absolute Gasteiger partial charge is 0.367 e. The fourth-order valence-electron chi connectivity index (χ4n) is 3.32. The zero-order valence-electron chi connectivity index (χ0n) is 13.3. The van der Waals surface area contributed by atoms with Crippen LogP contribution in [0.1, 0.15) is 25.7 Å². The van der Waals surface area contributed by atoms with E-state index in [1.807, 2.05) is 48.3 Å². The fraction of sp³-hybridized carbons (Fsp3) is 0.333. The Labute approximate surface area is 144 Å². The summed E-state index contributed by atoms with van der Waals surface area (Å²) in [5.74, 6) is 0.958. The van der Waals surface area contributed by atoms with Gasteiger partial charge in [0.15, 0.2) is 0 Å². The molecule has 4 rings (SSSR count). The number of aromatic amines is 2. The van der Waals surface area contributed by atoms with Crippen LogP contribution in [0.25, 0.3) is 10.9 Å². The van der Waals surface area contributed by atoms with Gasteiger partial charge in [-0.15, -0.1) is 11.8 Å². The summed E-state index contributed by atoms with van der Waals surface area (Å²) in [6, 6.07) is 12.5. The minimum absolute atomic E-state index is 0.0566. The van der Waals surface area contributed by atoms with Gasteiger partial charge in [-0.05, 0) is 49.6 Å². The lowest BCUT2D eigenvalue weighted by molar-refractivity contribution is 0.472. The number of benzene rings is 1. The van der Waals surface area contributed by atoms with Crippen LogP contribution in [0.3, 0.4) is 0 Å². The summed E-state index contributed by atoms with van der Waals surface area (Å²) >= 11 is 1.91. The molecule has 2 heterocycles. The molecular formula is C18H20N4OS. The maximum Gasteiger partial charge on any atom is 0.271 e. The number of rotatable bonds is 4. The Morgan fingerprint density at radius 2 is 2.12 bits per heavy atom. The van der Waals surface area contributed by atoms with Crippen molar-refractivity contribution in [3.8, 4) is 0 Å². The topological polar surface area (TPSA) is 73.6 Å². The van der Waals surface area contributed by atoms with Crippen molar-refractivity contribution in [3.63, 3.8) is 0 Å². The Morgan fingerprint density at radius 1 is 1.17 bits per heavy atom. The highest BCUT2D eigenvalue weighted by atomic mass is 32.2. The maximum atomic E-state index is 11.6. The zero-order chi connectivity index (χ0) is 16.4. The molecule has 0 aliphatic heterocycles. The summed E-state index contributed by atoms with van der Waals surface area (Å²) in [5, 5.41) is 10.4. The van der Waals surface area contributed by atoms with Crippen molar-refractivity contribution in [2.24, 2.45) is 0 Å². The summed E-state index contributed by atoms with van der Waals surface area (Å²) < 4.78 is 0. The first-order valence-electron chi connectivity index (χ1n) is 8.32. The summed E-state index contributed by atoms with van der Waals surface area (Å²) in [6.45, 7) is 0. The molecule has 0 bridgehead atoms. The van der Waals surface area contributed by atoms with Gasteiger partial charge in [-0.3, -0.25) is 15.0 Å². The van der Waals surface area contributed by atoms with E-state index in [9.17, 15) is 4.79 Å². The van der Waals surface area contributed by atoms with Crippen LogP contribution in [0.2, 0.25) is 0 Å². The molecule has 0 amide bonds. The number of hydrogen-bond acceptors (Lipinski definition) is 4. The number of aromatic nitrogens is 3. The van der Waals surface area contributed by atoms with E-state index >= 15 is 0 Å². The summed E-state index contributed by atoms with van der Waals surface area (Å²) in [7, 11) is 0. The first-order valence-corrected chi connectivity index (χ1v) is 9.20. The molecule has 1 fully saturated rings. The lowest BCUT2D eigenvalue weighted by Crippen LogP contribution is -2.28. The van der Waals surface area contributed by atoms with Crippen LogP contribution >= 0.6 is 11.8 Å². The predicted octanol–water partition coefficient (Wildman–Crippen LogP) is 3.77. The van der Waals surface area contributed by atoms with Gasteiger partial charge >= 0.3 is 0 Å². The van der Waals surface area contributed by atoms with E-state index in [-0.39, 0.29) is 5.56 Å². The van der Waals surface area contributed by atoms with Crippen molar-refractivity contribution in [2.45, 2.75) is 41.9 Å². The normalized spacial score (nSPS) is 21.0. The minimum atomic E-state index is -0.0566. The van der Waals surface area contributed by atoms with Gasteiger partial charge in [0.05, 0.1) is 10.9 Å². The van der Waals surface area contributed by atoms with Gasteiger partial charge in [-0.25, -0.2) is 4.98 Å². The third-order valence-electron chi connectivity index (χ3n) is 4.49. The Morgan fingerprint density at radius 3 is 3.00 bits per heavy atom. The highest BCUT2D eigenvalue weighted by molar-refractivity contribution is 8.00. The molecule has 5 nitrogen and oxygen atoms in total. The Bertz CT molecular complexity index is 873. The first-order chi connectivity index (χ1) is 11.8. The molecule has 3 aromatic rings. The fourth-order valence-corrected chi connectivity index (χ4v) is 4.65. The van der Waals surface area contributed by atoms with Crippen molar-refractivity contribution in [1.82, 2.24) is 15.2 Å². The maximum absolute atomic E-state index is 11.6. The second kappa shape index (κ2) is 6.73. The number of nitrogens with one attached hydrogen (secondary N) is 3. The number of hydrogen-bond donors (Lipinski definition) is 3. The smallest absolute Gasteiger partial charge is 0.271 e. The van der Waals surface area contributed by atoms with Crippen LogP contribution < -0.4 is 10.9 Å². The Balaban J connectivity index is 1.42. The molecule has 1 aliphatic carbocycles. The van der Waals surface area contributed by atoms with E-state index in [0.29, 0.717) is 11.3 Å². The van der Waals surface area contributed by atoms with Crippen molar-refractivity contribution in [3.05, 3.63) is 52.9 Å². The number of thioether (sulfide) groups is 1. The van der Waals surface area contributed by atoms with Crippen molar-refractivity contribution in [1.29, 1.82) is 0 Å². The number of pyridine rings is 1. The highest BCUT2D eigenvalue weighted by Crippen LogP contribution is 2.35. The van der Waals surface area contributed by atoms with Crippen LogP contribution in [-0.2, 0) is 0 Å². The minimum Gasteiger partial charge on any atom is -0.367 e. The van der Waals surface area contributed by atoms with Crippen LogP contribution in [0.4, 0.5) is 5.82 Å². The molecule has 2 atom stereocenters. The lowest BCUT2D eigenvalue weighted by Gasteiger charge is -2.29. The molecule has 2 aromatic heterocycles. The van der Waals surface area contributed by atoms with Crippen molar-refractivity contribution in [2.75, 3.05) is 5.32 Å². The first kappa shape index (κ1) is 15.3. The highest BCUT2D eigenvalue weighted by Gasteiger charge is 2.23. The average Bonchev–Trinajstić information content (AvgIpc) is 2.97. The lowest BCUT2D eigenvalue weighted by atomic mass is 9.95. The van der Waals surface area contributed by atoms with Gasteiger partial charge in [-0.2, -0.15) is 0 Å². The molecule has 1 aliphatic rings. The van der Waals surface area contributed by atoms with Crippen LogP contribution in [0, 0.1) is 0 Å². The van der Waals surface area contributed by atoms with Crippen LogP contribution in [0.5, 0.6) is 0 Å². The van der Waals surface area contributed by atoms with Gasteiger partial charge in [0.2, 0.25) is 0 Å². The SMILES string of the molecule is O=c1[nH][nH]c2cc(SC3CCCC(Nc4ccccn4)C3)ccc12. The van der Waals surface area contributed by atoms with E-state index < -0.39 is 0 Å². The molecular weight excluding hydrogens is 320 g/mol. The van der Waals surface area contributed by atoms with Crippen molar-refractivity contribution >= 4 is 28.5 Å². The molecule has 6 heteroatoms. The standard InChI is InChI=1S/C18H20N4OS/c23-18-15-8-7-14(11-16(15)21-22-18)24-13-5-3-4-12(10-13)20-17-6-1-2-9-19-17/h1-2,6-9,11-13H,3-5,10H2,(H,19,20)(H2,21,22,23). The van der Waals surface area contributed by atoms with Gasteiger partial charge in [-0.1, -0.05) is 12.5 Å². The zero-order valence-corrected chi connectivity index (χ0v) is 14.1. The van der Waals surface area contributed by atoms with E-state index in [1.54, 1.807) is 0 Å². The molecule has 0 saturated heterocycles. The van der Waals surface area contributed by atoms with Crippen LogP contribution in [0.15, 0.2) is 52.3 Å². The molecule has 2 unspecified atom stereocenters. The van der Waals surface area contributed by atoms with E-state index in [4.69, 9.17) is 0 Å². The van der Waals surface area contributed by atoms with Gasteiger partial charge in [0, 0.05) is 22.4 Å². The van der Waals surface area contributed by atoms with Gasteiger partial charge < -0.3 is 5.32 Å². The predicted molar refractivity (Wildman–Crippen MR) is 98.7 cm³/mol. The molecule has 24 heavy (non-hydrogen) atoms. The van der Waals surface area contributed by atoms with Gasteiger partial charge in [0.25, 0.3) is 5.56 Å². The van der Waals surface area contributed by atoms with E-state index in [1.165, 1.54) is 24.2 Å². The van der Waals surface area contributed by atoms with Gasteiger partial charge in [0.1, 0.15) is 5.82 Å². The molecule has 1 saturated carbocycles.